The normalized spacial score (nSPS) is 10.4. The van der Waals surface area contributed by atoms with Crippen LogP contribution >= 0.6 is 0 Å². The van der Waals surface area contributed by atoms with Gasteiger partial charge in [-0.3, -0.25) is 0 Å². The topological polar surface area (TPSA) is 44.8 Å². The lowest BCUT2D eigenvalue weighted by atomic mass is 10.0. The Balaban J connectivity index is 2.36. The van der Waals surface area contributed by atoms with Crippen LogP contribution in [-0.4, -0.2) is 33.4 Å². The predicted molar refractivity (Wildman–Crippen MR) is 85.2 cm³/mol. The van der Waals surface area contributed by atoms with Crippen molar-refractivity contribution in [2.75, 3.05) is 27.4 Å². The standard InChI is InChI=1S/C18H19FO4/c1-21-10-5-11-23-17-12-13(18(20)22-2)8-9-15(17)14-6-3-4-7-16(14)19/h3-4,6-9,12H,5,10-11H2,1-2H3. The van der Waals surface area contributed by atoms with Crippen molar-refractivity contribution in [1.82, 2.24) is 0 Å². The van der Waals surface area contributed by atoms with Gasteiger partial charge in [0.2, 0.25) is 0 Å². The van der Waals surface area contributed by atoms with Crippen molar-refractivity contribution in [1.29, 1.82) is 0 Å². The van der Waals surface area contributed by atoms with E-state index in [9.17, 15) is 9.18 Å². The van der Waals surface area contributed by atoms with Gasteiger partial charge in [0.25, 0.3) is 0 Å². The van der Waals surface area contributed by atoms with Crippen LogP contribution in [0.3, 0.4) is 0 Å². The lowest BCUT2D eigenvalue weighted by molar-refractivity contribution is 0.0600. The Bertz CT molecular complexity index is 670. The Hall–Kier alpha value is -2.40. The average Bonchev–Trinajstić information content (AvgIpc) is 2.58. The van der Waals surface area contributed by atoms with E-state index in [0.29, 0.717) is 42.1 Å². The van der Waals surface area contributed by atoms with Crippen LogP contribution in [0.15, 0.2) is 42.5 Å². The molecule has 23 heavy (non-hydrogen) atoms. The second kappa shape index (κ2) is 8.29. The number of ether oxygens (including phenoxy) is 3. The van der Waals surface area contributed by atoms with Crippen LogP contribution in [0.25, 0.3) is 11.1 Å². The molecule has 0 saturated carbocycles. The van der Waals surface area contributed by atoms with Crippen LogP contribution in [0, 0.1) is 5.82 Å². The molecule has 0 heterocycles. The monoisotopic (exact) mass is 318 g/mol. The van der Waals surface area contributed by atoms with Gasteiger partial charge in [0.05, 0.1) is 19.3 Å². The number of carbonyl (C=O) groups excluding carboxylic acids is 1. The zero-order valence-electron chi connectivity index (χ0n) is 13.2. The summed E-state index contributed by atoms with van der Waals surface area (Å²) in [4.78, 5) is 11.7. The Labute approximate surface area is 134 Å². The minimum absolute atomic E-state index is 0.347. The second-order valence-corrected chi connectivity index (χ2v) is 4.88. The molecule has 2 aromatic carbocycles. The number of carbonyl (C=O) groups is 1. The number of esters is 1. The average molecular weight is 318 g/mol. The quantitative estimate of drug-likeness (QED) is 0.577. The molecular formula is C18H19FO4. The summed E-state index contributed by atoms with van der Waals surface area (Å²) in [5.74, 6) is -0.374. The fraction of sp³-hybridized carbons (Fsp3) is 0.278. The molecule has 0 spiro atoms. The van der Waals surface area contributed by atoms with E-state index in [1.54, 1.807) is 43.5 Å². The van der Waals surface area contributed by atoms with Gasteiger partial charge < -0.3 is 14.2 Å². The van der Waals surface area contributed by atoms with Gasteiger partial charge in [-0.25, -0.2) is 9.18 Å². The van der Waals surface area contributed by atoms with Gasteiger partial charge in [-0.1, -0.05) is 18.2 Å². The third-order valence-electron chi connectivity index (χ3n) is 3.32. The molecule has 0 aromatic heterocycles. The first kappa shape index (κ1) is 17.0. The minimum atomic E-state index is -0.466. The van der Waals surface area contributed by atoms with E-state index in [1.807, 2.05) is 0 Å². The van der Waals surface area contributed by atoms with Gasteiger partial charge in [-0.15, -0.1) is 0 Å². The predicted octanol–water partition coefficient (Wildman–Crippen LogP) is 3.69. The smallest absolute Gasteiger partial charge is 0.337 e. The molecule has 0 aliphatic rings. The Kier molecular flexibility index (Phi) is 6.11. The van der Waals surface area contributed by atoms with Gasteiger partial charge in [-0.2, -0.15) is 0 Å². The number of hydrogen-bond acceptors (Lipinski definition) is 4. The maximum atomic E-state index is 14.1. The molecule has 2 aromatic rings. The van der Waals surface area contributed by atoms with Crippen molar-refractivity contribution in [2.45, 2.75) is 6.42 Å². The van der Waals surface area contributed by atoms with Crippen molar-refractivity contribution in [3.8, 4) is 16.9 Å². The highest BCUT2D eigenvalue weighted by Crippen LogP contribution is 2.33. The number of methoxy groups -OCH3 is 2. The lowest BCUT2D eigenvalue weighted by Crippen LogP contribution is -2.05. The van der Waals surface area contributed by atoms with Crippen molar-refractivity contribution < 1.29 is 23.4 Å². The van der Waals surface area contributed by atoms with E-state index in [0.717, 1.165) is 0 Å². The molecule has 0 bridgehead atoms. The number of rotatable bonds is 7. The Morgan fingerprint density at radius 3 is 2.52 bits per heavy atom. The van der Waals surface area contributed by atoms with Crippen molar-refractivity contribution in [3.05, 3.63) is 53.8 Å². The van der Waals surface area contributed by atoms with Crippen LogP contribution in [-0.2, 0) is 9.47 Å². The van der Waals surface area contributed by atoms with Gasteiger partial charge in [0.1, 0.15) is 11.6 Å². The van der Waals surface area contributed by atoms with Gasteiger partial charge in [0, 0.05) is 31.3 Å². The molecule has 0 aliphatic carbocycles. The summed E-state index contributed by atoms with van der Waals surface area (Å²) in [6.07, 6.45) is 0.690. The maximum Gasteiger partial charge on any atom is 0.337 e. The van der Waals surface area contributed by atoms with Gasteiger partial charge in [-0.05, 0) is 24.3 Å². The molecule has 0 amide bonds. The highest BCUT2D eigenvalue weighted by Gasteiger charge is 2.14. The molecule has 122 valence electrons. The van der Waals surface area contributed by atoms with E-state index in [1.165, 1.54) is 13.2 Å². The summed E-state index contributed by atoms with van der Waals surface area (Å²) < 4.78 is 29.5. The van der Waals surface area contributed by atoms with Gasteiger partial charge >= 0.3 is 5.97 Å². The van der Waals surface area contributed by atoms with Crippen LogP contribution in [0.5, 0.6) is 5.75 Å². The first-order valence-electron chi connectivity index (χ1n) is 7.26. The summed E-state index contributed by atoms with van der Waals surface area (Å²) >= 11 is 0. The summed E-state index contributed by atoms with van der Waals surface area (Å²) in [6.45, 7) is 0.964. The van der Waals surface area contributed by atoms with Crippen molar-refractivity contribution >= 4 is 5.97 Å². The van der Waals surface area contributed by atoms with Crippen molar-refractivity contribution in [2.24, 2.45) is 0 Å². The van der Waals surface area contributed by atoms with E-state index >= 15 is 0 Å². The fourth-order valence-corrected chi connectivity index (χ4v) is 2.17. The molecule has 0 N–H and O–H groups in total. The van der Waals surface area contributed by atoms with Crippen LogP contribution in [0.2, 0.25) is 0 Å². The summed E-state index contributed by atoms with van der Waals surface area (Å²) in [5, 5.41) is 0. The number of halogens is 1. The minimum Gasteiger partial charge on any atom is -0.493 e. The third kappa shape index (κ3) is 4.29. The van der Waals surface area contributed by atoms with Crippen LogP contribution in [0.4, 0.5) is 4.39 Å². The first-order chi connectivity index (χ1) is 11.2. The molecule has 0 saturated heterocycles. The Morgan fingerprint density at radius 1 is 1.04 bits per heavy atom. The van der Waals surface area contributed by atoms with E-state index in [4.69, 9.17) is 14.2 Å². The molecule has 0 aliphatic heterocycles. The number of hydrogen-bond donors (Lipinski definition) is 0. The highest BCUT2D eigenvalue weighted by atomic mass is 19.1. The third-order valence-corrected chi connectivity index (χ3v) is 3.32. The van der Waals surface area contributed by atoms with E-state index < -0.39 is 5.97 Å². The SMILES string of the molecule is COCCCOc1cc(C(=O)OC)ccc1-c1ccccc1F. The summed E-state index contributed by atoms with van der Waals surface area (Å²) in [7, 11) is 2.93. The molecule has 0 fully saturated rings. The molecule has 0 unspecified atom stereocenters. The lowest BCUT2D eigenvalue weighted by Gasteiger charge is -2.13. The molecule has 2 rings (SSSR count). The first-order valence-corrected chi connectivity index (χ1v) is 7.26. The molecular weight excluding hydrogens is 299 g/mol. The van der Waals surface area contributed by atoms with Gasteiger partial charge in [0.15, 0.2) is 0 Å². The molecule has 4 nitrogen and oxygen atoms in total. The Morgan fingerprint density at radius 2 is 1.83 bits per heavy atom. The summed E-state index contributed by atoms with van der Waals surface area (Å²) in [5.41, 5.74) is 1.37. The number of benzene rings is 2. The zero-order chi connectivity index (χ0) is 16.7. The van der Waals surface area contributed by atoms with Crippen LogP contribution < -0.4 is 4.74 Å². The fourth-order valence-electron chi connectivity index (χ4n) is 2.17. The largest absolute Gasteiger partial charge is 0.493 e. The zero-order valence-corrected chi connectivity index (χ0v) is 13.2. The van der Waals surface area contributed by atoms with E-state index in [-0.39, 0.29) is 5.82 Å². The molecule has 5 heteroatoms. The molecule has 0 atom stereocenters. The highest BCUT2D eigenvalue weighted by molar-refractivity contribution is 5.91. The summed E-state index contributed by atoms with van der Waals surface area (Å²) in [6, 6.07) is 11.3. The second-order valence-electron chi connectivity index (χ2n) is 4.88. The molecule has 0 radical (unpaired) electrons. The maximum absolute atomic E-state index is 14.1. The van der Waals surface area contributed by atoms with Crippen LogP contribution in [0.1, 0.15) is 16.8 Å². The van der Waals surface area contributed by atoms with E-state index in [2.05, 4.69) is 0 Å². The van der Waals surface area contributed by atoms with Crippen molar-refractivity contribution in [3.63, 3.8) is 0 Å².